The van der Waals surface area contributed by atoms with Gasteiger partial charge in [-0.25, -0.2) is 4.98 Å². The van der Waals surface area contributed by atoms with Crippen LogP contribution < -0.4 is 4.90 Å². The van der Waals surface area contributed by atoms with Crippen molar-refractivity contribution in [2.45, 2.75) is 25.9 Å². The molecule has 30 heavy (non-hydrogen) atoms. The number of rotatable bonds is 6. The number of aliphatic hydroxyl groups excluding tert-OH is 1. The van der Waals surface area contributed by atoms with Gasteiger partial charge in [-0.05, 0) is 24.5 Å². The van der Waals surface area contributed by atoms with E-state index in [4.69, 9.17) is 0 Å². The van der Waals surface area contributed by atoms with Gasteiger partial charge in [-0.15, -0.1) is 12.4 Å². The zero-order valence-electron chi connectivity index (χ0n) is 17.5. The molecule has 1 unspecified atom stereocenters. The highest BCUT2D eigenvalue weighted by Gasteiger charge is 2.29. The molecule has 1 aliphatic heterocycles. The summed E-state index contributed by atoms with van der Waals surface area (Å²) >= 11 is 0. The van der Waals surface area contributed by atoms with Crippen molar-refractivity contribution in [3.8, 4) is 0 Å². The van der Waals surface area contributed by atoms with E-state index in [9.17, 15) is 5.11 Å². The van der Waals surface area contributed by atoms with Gasteiger partial charge >= 0.3 is 0 Å². The molecular weight excluding hydrogens is 400 g/mol. The number of nitrogens with zero attached hydrogens (tertiary/aromatic N) is 6. The quantitative estimate of drug-likeness (QED) is 0.650. The van der Waals surface area contributed by atoms with Crippen molar-refractivity contribution < 1.29 is 5.11 Å². The molecule has 0 saturated carbocycles. The van der Waals surface area contributed by atoms with E-state index in [0.717, 1.165) is 37.6 Å². The Bertz CT molecular complexity index is 931. The SMILES string of the molecule is Cc1c(CN2CCN(c3cnccn3)CC2c2ccc(CCO)cc2)cnn1C.Cl. The number of aryl methyl sites for hydroxylation is 1. The van der Waals surface area contributed by atoms with E-state index >= 15 is 0 Å². The van der Waals surface area contributed by atoms with Gasteiger partial charge in [0, 0.05) is 63.5 Å². The molecule has 3 heterocycles. The second kappa shape index (κ2) is 10.0. The van der Waals surface area contributed by atoms with Crippen LogP contribution in [0.15, 0.2) is 49.1 Å². The maximum Gasteiger partial charge on any atom is 0.147 e. The molecule has 7 nitrogen and oxygen atoms in total. The van der Waals surface area contributed by atoms with Crippen molar-refractivity contribution in [1.29, 1.82) is 0 Å². The van der Waals surface area contributed by atoms with Gasteiger partial charge in [0.1, 0.15) is 5.82 Å². The number of hydrogen-bond acceptors (Lipinski definition) is 6. The Morgan fingerprint density at radius 2 is 1.90 bits per heavy atom. The number of halogens is 1. The summed E-state index contributed by atoms with van der Waals surface area (Å²) in [5.41, 5.74) is 4.91. The molecule has 0 amide bonds. The fraction of sp³-hybridized carbons (Fsp3) is 0.409. The summed E-state index contributed by atoms with van der Waals surface area (Å²) < 4.78 is 1.93. The maximum atomic E-state index is 9.20. The molecule has 4 rings (SSSR count). The Morgan fingerprint density at radius 1 is 1.10 bits per heavy atom. The van der Waals surface area contributed by atoms with Crippen LogP contribution in [-0.4, -0.2) is 56.0 Å². The first-order valence-corrected chi connectivity index (χ1v) is 10.1. The van der Waals surface area contributed by atoms with Gasteiger partial charge in [-0.3, -0.25) is 14.6 Å². The standard InChI is InChI=1S/C22H28N6O.ClH/c1-17-20(13-25-26(17)2)15-27-10-11-28(22-14-23-8-9-24-22)16-21(27)19-5-3-18(4-6-19)7-12-29;/h3-6,8-9,13-14,21,29H,7,10-12,15-16H2,1-2H3;1H. The molecule has 1 atom stereocenters. The predicted octanol–water partition coefficient (Wildman–Crippen LogP) is 2.54. The number of anilines is 1. The fourth-order valence-corrected chi connectivity index (χ4v) is 3.94. The highest BCUT2D eigenvalue weighted by Crippen LogP contribution is 2.29. The first-order valence-electron chi connectivity index (χ1n) is 10.1. The van der Waals surface area contributed by atoms with Gasteiger partial charge in [-0.1, -0.05) is 24.3 Å². The van der Waals surface area contributed by atoms with E-state index in [1.807, 2.05) is 24.1 Å². The van der Waals surface area contributed by atoms with Crippen molar-refractivity contribution in [3.63, 3.8) is 0 Å². The number of aromatic nitrogens is 4. The first-order chi connectivity index (χ1) is 14.2. The molecule has 0 spiro atoms. The third kappa shape index (κ3) is 4.80. The topological polar surface area (TPSA) is 70.3 Å². The van der Waals surface area contributed by atoms with Crippen molar-refractivity contribution in [2.75, 3.05) is 31.1 Å². The first kappa shape index (κ1) is 22.2. The summed E-state index contributed by atoms with van der Waals surface area (Å²) in [5, 5.41) is 13.6. The van der Waals surface area contributed by atoms with Crippen LogP contribution in [0, 0.1) is 6.92 Å². The van der Waals surface area contributed by atoms with Gasteiger partial charge in [0.25, 0.3) is 0 Å². The lowest BCUT2D eigenvalue weighted by molar-refractivity contribution is 0.168. The average molecular weight is 429 g/mol. The summed E-state index contributed by atoms with van der Waals surface area (Å²) in [5.74, 6) is 0.923. The average Bonchev–Trinajstić information content (AvgIpc) is 3.08. The highest BCUT2D eigenvalue weighted by atomic mass is 35.5. The molecule has 0 aliphatic carbocycles. The fourth-order valence-electron chi connectivity index (χ4n) is 3.94. The molecule has 8 heteroatoms. The molecule has 1 fully saturated rings. The van der Waals surface area contributed by atoms with Crippen LogP contribution in [0.4, 0.5) is 5.82 Å². The van der Waals surface area contributed by atoms with Gasteiger partial charge in [0.05, 0.1) is 18.4 Å². The Morgan fingerprint density at radius 3 is 2.53 bits per heavy atom. The lowest BCUT2D eigenvalue weighted by Crippen LogP contribution is -2.48. The molecule has 0 bridgehead atoms. The summed E-state index contributed by atoms with van der Waals surface area (Å²) in [4.78, 5) is 13.6. The zero-order chi connectivity index (χ0) is 20.2. The lowest BCUT2D eigenvalue weighted by Gasteiger charge is -2.42. The second-order valence-electron chi connectivity index (χ2n) is 7.59. The largest absolute Gasteiger partial charge is 0.396 e. The van der Waals surface area contributed by atoms with E-state index in [1.165, 1.54) is 16.8 Å². The molecular formula is C22H29ClN6O. The molecule has 160 valence electrons. The van der Waals surface area contributed by atoms with Crippen LogP contribution in [0.1, 0.15) is 28.4 Å². The van der Waals surface area contributed by atoms with Crippen molar-refractivity contribution in [1.82, 2.24) is 24.6 Å². The van der Waals surface area contributed by atoms with Crippen LogP contribution >= 0.6 is 12.4 Å². The Kier molecular flexibility index (Phi) is 7.42. The van der Waals surface area contributed by atoms with Gasteiger partial charge in [0.2, 0.25) is 0 Å². The normalized spacial score (nSPS) is 17.0. The predicted molar refractivity (Wildman–Crippen MR) is 120 cm³/mol. The van der Waals surface area contributed by atoms with Crippen LogP contribution in [0.5, 0.6) is 0 Å². The summed E-state index contributed by atoms with van der Waals surface area (Å²) in [6.07, 6.45) is 7.96. The lowest BCUT2D eigenvalue weighted by atomic mass is 9.99. The Labute approximate surface area is 183 Å². The minimum atomic E-state index is 0. The zero-order valence-corrected chi connectivity index (χ0v) is 18.3. The second-order valence-corrected chi connectivity index (χ2v) is 7.59. The molecule has 2 aromatic heterocycles. The summed E-state index contributed by atoms with van der Waals surface area (Å²) in [7, 11) is 1.99. The van der Waals surface area contributed by atoms with E-state index < -0.39 is 0 Å². The van der Waals surface area contributed by atoms with E-state index in [-0.39, 0.29) is 25.1 Å². The van der Waals surface area contributed by atoms with Crippen LogP contribution in [0.2, 0.25) is 0 Å². The number of hydrogen-bond donors (Lipinski definition) is 1. The van der Waals surface area contributed by atoms with E-state index in [2.05, 4.69) is 56.1 Å². The van der Waals surface area contributed by atoms with E-state index in [1.54, 1.807) is 12.4 Å². The number of piperazine rings is 1. The van der Waals surface area contributed by atoms with Gasteiger partial charge < -0.3 is 10.0 Å². The van der Waals surface area contributed by atoms with Crippen molar-refractivity contribution >= 4 is 18.2 Å². The highest BCUT2D eigenvalue weighted by molar-refractivity contribution is 5.85. The molecule has 3 aromatic rings. The molecule has 1 aromatic carbocycles. The van der Waals surface area contributed by atoms with Gasteiger partial charge in [0.15, 0.2) is 0 Å². The minimum Gasteiger partial charge on any atom is -0.396 e. The third-order valence-electron chi connectivity index (χ3n) is 5.84. The number of benzene rings is 1. The van der Waals surface area contributed by atoms with Crippen molar-refractivity contribution in [2.24, 2.45) is 7.05 Å². The van der Waals surface area contributed by atoms with E-state index in [0.29, 0.717) is 6.42 Å². The van der Waals surface area contributed by atoms with Crippen molar-refractivity contribution in [3.05, 3.63) is 71.4 Å². The van der Waals surface area contributed by atoms with Crippen LogP contribution in [0.25, 0.3) is 0 Å². The smallest absolute Gasteiger partial charge is 0.147 e. The Hall–Kier alpha value is -2.48. The monoisotopic (exact) mass is 428 g/mol. The van der Waals surface area contributed by atoms with Crippen LogP contribution in [0.3, 0.4) is 0 Å². The van der Waals surface area contributed by atoms with Crippen LogP contribution in [-0.2, 0) is 20.0 Å². The van der Waals surface area contributed by atoms with Gasteiger partial charge in [-0.2, -0.15) is 5.10 Å². The summed E-state index contributed by atoms with van der Waals surface area (Å²) in [6, 6.07) is 8.88. The molecule has 1 N–H and O–H groups in total. The third-order valence-corrected chi connectivity index (χ3v) is 5.84. The molecule has 1 saturated heterocycles. The maximum absolute atomic E-state index is 9.20. The molecule has 1 aliphatic rings. The Balaban J connectivity index is 0.00000256. The summed E-state index contributed by atoms with van der Waals surface area (Å²) in [6.45, 7) is 5.88. The minimum absolute atomic E-state index is 0. The number of aliphatic hydroxyl groups is 1. The molecule has 0 radical (unpaired) electrons.